The minimum Gasteiger partial charge on any atom is -0.452 e. The zero-order valence-corrected chi connectivity index (χ0v) is 21.6. The smallest absolute Gasteiger partial charge is 0.180 e. The van der Waals surface area contributed by atoms with Crippen molar-refractivity contribution < 1.29 is 4.42 Å². The van der Waals surface area contributed by atoms with Crippen LogP contribution in [0.4, 0.5) is 0 Å². The number of H-pyrrole nitrogens is 6. The van der Waals surface area contributed by atoms with Gasteiger partial charge in [-0.15, -0.1) is 10.2 Å². The van der Waals surface area contributed by atoms with Gasteiger partial charge in [0.05, 0.1) is 24.9 Å². The van der Waals surface area contributed by atoms with E-state index in [-0.39, 0.29) is 0 Å². The molecule has 1 aliphatic rings. The number of rotatable bonds is 0. The van der Waals surface area contributed by atoms with Crippen LogP contribution in [0.5, 0.6) is 0 Å². The van der Waals surface area contributed by atoms with Crippen LogP contribution in [-0.2, 0) is 0 Å². The molecule has 1 saturated heterocycles. The van der Waals surface area contributed by atoms with E-state index < -0.39 is 0 Å². The topological polar surface area (TPSA) is 249 Å². The Morgan fingerprint density at radius 1 is 0.575 bits per heavy atom. The molecule has 7 aromatic heterocycles. The lowest BCUT2D eigenvalue weighted by Crippen LogP contribution is -2.03. The highest BCUT2D eigenvalue weighted by molar-refractivity contribution is 4.84. The highest BCUT2D eigenvalue weighted by Crippen LogP contribution is 1.90. The molecular formula is C22H33N17O. The summed E-state index contributed by atoms with van der Waals surface area (Å²) in [6, 6.07) is 5.72. The average Bonchev–Trinajstić information content (AvgIpc) is 3.95. The van der Waals surface area contributed by atoms with Gasteiger partial charge in [-0.3, -0.25) is 10.2 Å². The van der Waals surface area contributed by atoms with E-state index >= 15 is 0 Å². The summed E-state index contributed by atoms with van der Waals surface area (Å²) in [5, 5.41) is 36.9. The number of oxazole rings is 1. The number of hydrogen-bond acceptors (Lipinski definition) is 12. The van der Waals surface area contributed by atoms with E-state index in [9.17, 15) is 0 Å². The van der Waals surface area contributed by atoms with Gasteiger partial charge in [-0.1, -0.05) is 5.21 Å². The van der Waals surface area contributed by atoms with Crippen molar-refractivity contribution in [1.29, 1.82) is 0 Å². The van der Waals surface area contributed by atoms with Crippen LogP contribution in [0.2, 0.25) is 0 Å². The molecular weight excluding hydrogens is 518 g/mol. The van der Waals surface area contributed by atoms with Crippen LogP contribution < -0.4 is 5.32 Å². The van der Waals surface area contributed by atoms with Crippen molar-refractivity contribution in [2.24, 2.45) is 0 Å². The quantitative estimate of drug-likeness (QED) is 0.142. The molecule has 0 bridgehead atoms. The molecule has 0 amide bonds. The van der Waals surface area contributed by atoms with Crippen molar-refractivity contribution in [2.45, 2.75) is 12.8 Å². The zero-order chi connectivity index (χ0) is 28.3. The number of aromatic amines is 6. The average molecular weight is 552 g/mol. The fourth-order valence-electron chi connectivity index (χ4n) is 1.97. The molecule has 0 saturated carbocycles. The maximum absolute atomic E-state index is 4.47. The molecule has 7 aromatic rings. The summed E-state index contributed by atoms with van der Waals surface area (Å²) in [6.07, 6.45) is 27.0. The lowest BCUT2D eigenvalue weighted by atomic mass is 10.4. The molecule has 7 N–H and O–H groups in total. The fraction of sp³-hybridized carbons (Fsp3) is 0.182. The Morgan fingerprint density at radius 3 is 1.62 bits per heavy atom. The van der Waals surface area contributed by atoms with E-state index in [1.807, 2.05) is 30.6 Å². The molecule has 0 unspecified atom stereocenters. The summed E-state index contributed by atoms with van der Waals surface area (Å²) in [5.41, 5.74) is 0. The maximum atomic E-state index is 4.47. The van der Waals surface area contributed by atoms with Gasteiger partial charge in [0.2, 0.25) is 0 Å². The van der Waals surface area contributed by atoms with Crippen molar-refractivity contribution in [3.8, 4) is 0 Å². The summed E-state index contributed by atoms with van der Waals surface area (Å²) < 4.78 is 4.47. The van der Waals surface area contributed by atoms with Crippen LogP contribution in [0, 0.1) is 0 Å². The third-order valence-electron chi connectivity index (χ3n) is 3.54. The highest BCUT2D eigenvalue weighted by atomic mass is 16.3. The van der Waals surface area contributed by atoms with Gasteiger partial charge in [0.25, 0.3) is 0 Å². The van der Waals surface area contributed by atoms with Gasteiger partial charge in [0, 0.05) is 37.2 Å². The minimum atomic E-state index is 1.25. The molecule has 40 heavy (non-hydrogen) atoms. The van der Waals surface area contributed by atoms with E-state index in [0.717, 1.165) is 0 Å². The third kappa shape index (κ3) is 26.8. The maximum Gasteiger partial charge on any atom is 0.180 e. The van der Waals surface area contributed by atoms with Crippen molar-refractivity contribution >= 4 is 0 Å². The molecule has 0 spiro atoms. The molecule has 18 nitrogen and oxygen atoms in total. The Hall–Kier alpha value is -5.78. The summed E-state index contributed by atoms with van der Waals surface area (Å²) >= 11 is 0. The molecule has 212 valence electrons. The van der Waals surface area contributed by atoms with Crippen molar-refractivity contribution in [2.75, 3.05) is 13.1 Å². The second-order valence-electron chi connectivity index (χ2n) is 6.41. The first-order chi connectivity index (χ1) is 20.0. The first kappa shape index (κ1) is 32.2. The van der Waals surface area contributed by atoms with Crippen LogP contribution >= 0.6 is 0 Å². The van der Waals surface area contributed by atoms with Crippen molar-refractivity contribution in [1.82, 2.24) is 86.7 Å². The van der Waals surface area contributed by atoms with Gasteiger partial charge in [-0.25, -0.2) is 15.0 Å². The number of nitrogens with one attached hydrogen (secondary N) is 7. The fourth-order valence-corrected chi connectivity index (χ4v) is 1.97. The van der Waals surface area contributed by atoms with E-state index in [1.165, 1.54) is 57.6 Å². The molecule has 0 aromatic carbocycles. The molecule has 8 heterocycles. The molecule has 0 radical (unpaired) electrons. The van der Waals surface area contributed by atoms with Crippen molar-refractivity contribution in [3.05, 3.63) is 112 Å². The van der Waals surface area contributed by atoms with Gasteiger partial charge in [-0.2, -0.15) is 30.8 Å². The van der Waals surface area contributed by atoms with Crippen molar-refractivity contribution in [3.63, 3.8) is 0 Å². The molecule has 0 atom stereocenters. The van der Waals surface area contributed by atoms with Crippen LogP contribution in [0.15, 0.2) is 116 Å². The van der Waals surface area contributed by atoms with Gasteiger partial charge in [-0.05, 0) is 44.1 Å². The second kappa shape index (κ2) is 29.5. The van der Waals surface area contributed by atoms with Gasteiger partial charge in [0.1, 0.15) is 18.9 Å². The largest absolute Gasteiger partial charge is 0.452 e. The predicted octanol–water partition coefficient (Wildman–Crippen LogP) is 1.69. The number of tetrazole rings is 1. The third-order valence-corrected chi connectivity index (χ3v) is 3.54. The molecule has 1 fully saturated rings. The van der Waals surface area contributed by atoms with Gasteiger partial charge in [0.15, 0.2) is 12.7 Å². The standard InChI is InChI=1S/C4H9N.C4H5N.2C3H4N2.C3H3NO.2C2H3N3.CH2N4/c2*1-2-4-5-3-1;1-2-5-3-4-1;1-2-4-5-3-1;1-2-5-3-4-1;1-3-2-5-4-1;2*1-2-4-5-3-1/h5H,1-4H2;1-5H;2*1-3H,(H,4,5);1-3H;2*1-2H,(H,3,4,5);1H,(H,2,3,4,5). The van der Waals surface area contributed by atoms with Crippen LogP contribution in [0.3, 0.4) is 0 Å². The van der Waals surface area contributed by atoms with E-state index in [4.69, 9.17) is 0 Å². The Bertz CT molecular complexity index is 767. The predicted molar refractivity (Wildman–Crippen MR) is 144 cm³/mol. The van der Waals surface area contributed by atoms with Crippen LogP contribution in [-0.4, -0.2) is 94.4 Å². The molecule has 8 rings (SSSR count). The van der Waals surface area contributed by atoms with Crippen LogP contribution in [0.25, 0.3) is 0 Å². The number of aromatic nitrogens is 16. The number of imidazole rings is 1. The summed E-state index contributed by atoms with van der Waals surface area (Å²) in [6.45, 7) is 2.50. The van der Waals surface area contributed by atoms with E-state index in [2.05, 4.69) is 91.1 Å². The SMILES string of the molecule is C1CCNC1.c1c[nH]cn1.c1cc[nH]c1.c1cn[nH]c1.c1cn[nH]n1.c1cocn1.c1nc[nH]n1.c1nn[nH]n1. The summed E-state index contributed by atoms with van der Waals surface area (Å²) in [5.74, 6) is 0. The Balaban J connectivity index is 0.000000229. The summed E-state index contributed by atoms with van der Waals surface area (Å²) in [4.78, 5) is 16.4. The Labute approximate surface area is 229 Å². The molecule has 18 heteroatoms. The first-order valence-corrected chi connectivity index (χ1v) is 11.7. The van der Waals surface area contributed by atoms with Crippen LogP contribution in [0.1, 0.15) is 12.8 Å². The normalized spacial score (nSPS) is 10.0. The summed E-state index contributed by atoms with van der Waals surface area (Å²) in [7, 11) is 0. The second-order valence-corrected chi connectivity index (χ2v) is 6.41. The van der Waals surface area contributed by atoms with E-state index in [0.29, 0.717) is 0 Å². The monoisotopic (exact) mass is 551 g/mol. The lowest BCUT2D eigenvalue weighted by Gasteiger charge is -1.76. The van der Waals surface area contributed by atoms with E-state index in [1.54, 1.807) is 49.7 Å². The first-order valence-electron chi connectivity index (χ1n) is 11.7. The minimum absolute atomic E-state index is 1.25. The van der Waals surface area contributed by atoms with Gasteiger partial charge >= 0.3 is 0 Å². The Morgan fingerprint density at radius 2 is 1.43 bits per heavy atom. The molecule has 1 aliphatic heterocycles. The Kier molecular flexibility index (Phi) is 23.7. The zero-order valence-electron chi connectivity index (χ0n) is 21.6. The van der Waals surface area contributed by atoms with Gasteiger partial charge < -0.3 is 19.7 Å². The lowest BCUT2D eigenvalue weighted by molar-refractivity contribution is 0.558. The number of nitrogens with zero attached hydrogens (tertiary/aromatic N) is 10. The molecule has 0 aliphatic carbocycles. The number of hydrogen-bond donors (Lipinski definition) is 7. The highest BCUT2D eigenvalue weighted by Gasteiger charge is 1.93.